The lowest BCUT2D eigenvalue weighted by Gasteiger charge is -2.34. The Balaban J connectivity index is 1.72. The van der Waals surface area contributed by atoms with E-state index in [0.29, 0.717) is 19.6 Å². The second kappa shape index (κ2) is 6.21. The third kappa shape index (κ3) is 4.10. The fourth-order valence-corrected chi connectivity index (χ4v) is 2.66. The van der Waals surface area contributed by atoms with Crippen LogP contribution in [0.15, 0.2) is 0 Å². The molecule has 2 aliphatic rings. The number of nitrogens with zero attached hydrogens (tertiary/aromatic N) is 1. The zero-order valence-electron chi connectivity index (χ0n) is 10.5. The normalized spacial score (nSPS) is 31.5. The standard InChI is InChI=1S/C12H21F3N2O/c13-12(14,15)10-2-1-5-17(9-10)6-3-11-8-16-4-7-18-11/h10-11,16H,1-9H2. The Morgan fingerprint density at radius 3 is 2.83 bits per heavy atom. The molecule has 2 aliphatic heterocycles. The Morgan fingerprint density at radius 1 is 1.33 bits per heavy atom. The molecule has 0 amide bonds. The van der Waals surface area contributed by atoms with E-state index in [0.717, 1.165) is 26.1 Å². The second-order valence-corrected chi connectivity index (χ2v) is 5.17. The van der Waals surface area contributed by atoms with Crippen LogP contribution in [0, 0.1) is 5.92 Å². The topological polar surface area (TPSA) is 24.5 Å². The molecule has 2 rings (SSSR count). The zero-order chi connectivity index (χ0) is 13.0. The molecule has 0 spiro atoms. The van der Waals surface area contributed by atoms with Crippen LogP contribution in [-0.2, 0) is 4.74 Å². The van der Waals surface area contributed by atoms with E-state index in [1.165, 1.54) is 0 Å². The number of piperidine rings is 1. The van der Waals surface area contributed by atoms with Gasteiger partial charge in [-0.3, -0.25) is 0 Å². The van der Waals surface area contributed by atoms with Crippen LogP contribution >= 0.6 is 0 Å². The molecule has 0 aromatic heterocycles. The van der Waals surface area contributed by atoms with E-state index in [1.54, 1.807) is 0 Å². The third-order valence-electron chi connectivity index (χ3n) is 3.74. The van der Waals surface area contributed by atoms with Crippen LogP contribution in [-0.4, -0.2) is 56.5 Å². The summed E-state index contributed by atoms with van der Waals surface area (Å²) in [6.45, 7) is 4.04. The molecule has 2 fully saturated rings. The summed E-state index contributed by atoms with van der Waals surface area (Å²) < 4.78 is 43.5. The number of halogens is 3. The van der Waals surface area contributed by atoms with Crippen molar-refractivity contribution in [1.82, 2.24) is 10.2 Å². The summed E-state index contributed by atoms with van der Waals surface area (Å²) in [4.78, 5) is 1.93. The molecule has 3 nitrogen and oxygen atoms in total. The molecule has 0 aromatic carbocycles. The molecule has 18 heavy (non-hydrogen) atoms. The first-order valence-electron chi connectivity index (χ1n) is 6.67. The van der Waals surface area contributed by atoms with Crippen molar-refractivity contribution >= 4 is 0 Å². The molecule has 0 saturated carbocycles. The number of nitrogens with one attached hydrogen (secondary N) is 1. The van der Waals surface area contributed by atoms with Gasteiger partial charge in [-0.2, -0.15) is 13.2 Å². The van der Waals surface area contributed by atoms with Gasteiger partial charge in [0.05, 0.1) is 18.6 Å². The molecule has 2 heterocycles. The summed E-state index contributed by atoms with van der Waals surface area (Å²) in [5.41, 5.74) is 0. The summed E-state index contributed by atoms with van der Waals surface area (Å²) >= 11 is 0. The molecule has 1 N–H and O–H groups in total. The fraction of sp³-hybridized carbons (Fsp3) is 1.00. The van der Waals surface area contributed by atoms with Gasteiger partial charge in [-0.05, 0) is 25.8 Å². The second-order valence-electron chi connectivity index (χ2n) is 5.17. The number of hydrogen-bond acceptors (Lipinski definition) is 3. The predicted octanol–water partition coefficient (Wildman–Crippen LogP) is 1.64. The van der Waals surface area contributed by atoms with Gasteiger partial charge in [0, 0.05) is 26.2 Å². The van der Waals surface area contributed by atoms with Gasteiger partial charge in [0.25, 0.3) is 0 Å². The van der Waals surface area contributed by atoms with E-state index in [4.69, 9.17) is 4.74 Å². The van der Waals surface area contributed by atoms with Crippen LogP contribution in [0.4, 0.5) is 13.2 Å². The smallest absolute Gasteiger partial charge is 0.376 e. The van der Waals surface area contributed by atoms with E-state index in [2.05, 4.69) is 5.32 Å². The zero-order valence-corrected chi connectivity index (χ0v) is 10.5. The number of hydrogen-bond donors (Lipinski definition) is 1. The van der Waals surface area contributed by atoms with Crippen molar-refractivity contribution in [1.29, 1.82) is 0 Å². The van der Waals surface area contributed by atoms with Crippen molar-refractivity contribution in [2.75, 3.05) is 39.3 Å². The minimum absolute atomic E-state index is 0.156. The molecule has 106 valence electrons. The summed E-state index contributed by atoms with van der Waals surface area (Å²) in [7, 11) is 0. The van der Waals surface area contributed by atoms with Crippen molar-refractivity contribution in [3.05, 3.63) is 0 Å². The van der Waals surface area contributed by atoms with Gasteiger partial charge in [-0.15, -0.1) is 0 Å². The minimum Gasteiger partial charge on any atom is -0.376 e. The van der Waals surface area contributed by atoms with E-state index in [9.17, 15) is 13.2 Å². The van der Waals surface area contributed by atoms with Crippen LogP contribution in [0.25, 0.3) is 0 Å². The molecule has 0 bridgehead atoms. The maximum atomic E-state index is 12.6. The van der Waals surface area contributed by atoms with Crippen LogP contribution in [0.5, 0.6) is 0 Å². The summed E-state index contributed by atoms with van der Waals surface area (Å²) in [6, 6.07) is 0. The molecular formula is C12H21F3N2O. The maximum absolute atomic E-state index is 12.6. The van der Waals surface area contributed by atoms with Crippen LogP contribution in [0.1, 0.15) is 19.3 Å². The summed E-state index contributed by atoms with van der Waals surface area (Å²) in [6.07, 6.45) is -2.14. The van der Waals surface area contributed by atoms with Gasteiger partial charge in [0.1, 0.15) is 0 Å². The SMILES string of the molecule is FC(F)(F)C1CCCN(CCC2CNCCO2)C1. The Kier molecular flexibility index (Phi) is 4.86. The van der Waals surface area contributed by atoms with E-state index >= 15 is 0 Å². The van der Waals surface area contributed by atoms with E-state index < -0.39 is 12.1 Å². The first kappa shape index (κ1) is 14.1. The number of rotatable bonds is 3. The number of morpholine rings is 1. The lowest BCUT2D eigenvalue weighted by atomic mass is 9.97. The van der Waals surface area contributed by atoms with Crippen LogP contribution in [0.2, 0.25) is 0 Å². The fourth-order valence-electron chi connectivity index (χ4n) is 2.66. The van der Waals surface area contributed by atoms with Crippen molar-refractivity contribution in [2.24, 2.45) is 5.92 Å². The molecule has 2 unspecified atom stereocenters. The predicted molar refractivity (Wildman–Crippen MR) is 62.4 cm³/mol. The number of ether oxygens (including phenoxy) is 1. The first-order chi connectivity index (χ1) is 8.55. The van der Waals surface area contributed by atoms with Crippen LogP contribution < -0.4 is 5.32 Å². The maximum Gasteiger partial charge on any atom is 0.393 e. The minimum atomic E-state index is -4.04. The molecular weight excluding hydrogens is 245 g/mol. The quantitative estimate of drug-likeness (QED) is 0.840. The Bertz CT molecular complexity index is 254. The average molecular weight is 266 g/mol. The molecule has 6 heteroatoms. The first-order valence-corrected chi connectivity index (χ1v) is 6.67. The summed E-state index contributed by atoms with van der Waals surface area (Å²) in [5, 5.41) is 3.23. The van der Waals surface area contributed by atoms with Gasteiger partial charge >= 0.3 is 6.18 Å². The largest absolute Gasteiger partial charge is 0.393 e. The molecule has 0 radical (unpaired) electrons. The van der Waals surface area contributed by atoms with Crippen molar-refractivity contribution in [3.63, 3.8) is 0 Å². The lowest BCUT2D eigenvalue weighted by Crippen LogP contribution is -2.44. The summed E-state index contributed by atoms with van der Waals surface area (Å²) in [5.74, 6) is -1.14. The Hall–Kier alpha value is -0.330. The van der Waals surface area contributed by atoms with Crippen LogP contribution in [0.3, 0.4) is 0 Å². The highest BCUT2D eigenvalue weighted by Gasteiger charge is 2.41. The van der Waals surface area contributed by atoms with Crippen molar-refractivity contribution in [2.45, 2.75) is 31.5 Å². The highest BCUT2D eigenvalue weighted by Crippen LogP contribution is 2.33. The Morgan fingerprint density at radius 2 is 2.17 bits per heavy atom. The van der Waals surface area contributed by atoms with Crippen molar-refractivity contribution < 1.29 is 17.9 Å². The molecule has 2 saturated heterocycles. The Labute approximate surface area is 106 Å². The van der Waals surface area contributed by atoms with Gasteiger partial charge in [-0.25, -0.2) is 0 Å². The monoisotopic (exact) mass is 266 g/mol. The average Bonchev–Trinajstić information content (AvgIpc) is 2.37. The molecule has 0 aliphatic carbocycles. The van der Waals surface area contributed by atoms with Gasteiger partial charge in [-0.1, -0.05) is 0 Å². The number of likely N-dealkylation sites (tertiary alicyclic amines) is 1. The van der Waals surface area contributed by atoms with Gasteiger partial charge in [0.15, 0.2) is 0 Å². The number of alkyl halides is 3. The van der Waals surface area contributed by atoms with E-state index in [1.807, 2.05) is 4.90 Å². The third-order valence-corrected chi connectivity index (χ3v) is 3.74. The van der Waals surface area contributed by atoms with Gasteiger partial charge in [0.2, 0.25) is 0 Å². The lowest BCUT2D eigenvalue weighted by molar-refractivity contribution is -0.186. The van der Waals surface area contributed by atoms with E-state index in [-0.39, 0.29) is 19.1 Å². The van der Waals surface area contributed by atoms with Crippen molar-refractivity contribution in [3.8, 4) is 0 Å². The molecule has 2 atom stereocenters. The highest BCUT2D eigenvalue weighted by molar-refractivity contribution is 4.79. The molecule has 0 aromatic rings. The highest BCUT2D eigenvalue weighted by atomic mass is 19.4. The van der Waals surface area contributed by atoms with Gasteiger partial charge < -0.3 is 15.0 Å².